The Balaban J connectivity index is 1.77. The third-order valence-electron chi connectivity index (χ3n) is 5.34. The molecule has 0 aliphatic carbocycles. The van der Waals surface area contributed by atoms with Gasteiger partial charge >= 0.3 is 5.97 Å². The van der Waals surface area contributed by atoms with E-state index in [0.717, 1.165) is 46.8 Å². The van der Waals surface area contributed by atoms with E-state index in [1.54, 1.807) is 0 Å². The van der Waals surface area contributed by atoms with Crippen molar-refractivity contribution < 1.29 is 18.8 Å². The molecule has 0 spiro atoms. The second-order valence-electron chi connectivity index (χ2n) is 7.54. The fourth-order valence-electron chi connectivity index (χ4n) is 4.03. The SMILES string of the molecule is CCCc1cc(C)cc2c1Cc1c(ccc(C3CS(=O)C3)c1SCC(=O)O)O2. The van der Waals surface area contributed by atoms with Crippen LogP contribution in [0.25, 0.3) is 0 Å². The van der Waals surface area contributed by atoms with E-state index in [9.17, 15) is 14.1 Å². The lowest BCUT2D eigenvalue weighted by molar-refractivity contribution is -0.133. The van der Waals surface area contributed by atoms with Crippen LogP contribution < -0.4 is 4.74 Å². The molecule has 2 aliphatic rings. The van der Waals surface area contributed by atoms with Gasteiger partial charge in [-0.25, -0.2) is 0 Å². The van der Waals surface area contributed by atoms with Gasteiger partial charge in [-0.05, 0) is 42.2 Å². The fourth-order valence-corrected chi connectivity index (χ4v) is 6.21. The van der Waals surface area contributed by atoms with E-state index in [0.29, 0.717) is 11.5 Å². The van der Waals surface area contributed by atoms with Crippen LogP contribution in [0.2, 0.25) is 0 Å². The number of benzene rings is 2. The van der Waals surface area contributed by atoms with E-state index in [-0.39, 0.29) is 11.7 Å². The normalized spacial score (nSPS) is 19.9. The molecule has 28 heavy (non-hydrogen) atoms. The first kappa shape index (κ1) is 19.5. The summed E-state index contributed by atoms with van der Waals surface area (Å²) in [6, 6.07) is 8.36. The van der Waals surface area contributed by atoms with Crippen LogP contribution in [-0.4, -0.2) is 32.5 Å². The third-order valence-corrected chi connectivity index (χ3v) is 8.05. The number of hydrogen-bond acceptors (Lipinski definition) is 4. The molecule has 6 heteroatoms. The first-order chi connectivity index (χ1) is 13.5. The minimum Gasteiger partial charge on any atom is -0.481 e. The number of thioether (sulfide) groups is 1. The Labute approximate surface area is 172 Å². The van der Waals surface area contributed by atoms with Crippen LogP contribution in [-0.2, 0) is 28.4 Å². The summed E-state index contributed by atoms with van der Waals surface area (Å²) in [6.45, 7) is 4.27. The van der Waals surface area contributed by atoms with Gasteiger partial charge in [0, 0.05) is 50.7 Å². The summed E-state index contributed by atoms with van der Waals surface area (Å²) in [5.74, 6) is 2.50. The van der Waals surface area contributed by atoms with Gasteiger partial charge in [-0.3, -0.25) is 9.00 Å². The first-order valence-corrected chi connectivity index (χ1v) is 12.1. The Morgan fingerprint density at radius 2 is 2.04 bits per heavy atom. The Kier molecular flexibility index (Phi) is 5.52. The molecular formula is C22H24O4S2. The highest BCUT2D eigenvalue weighted by Crippen LogP contribution is 2.46. The van der Waals surface area contributed by atoms with E-state index in [1.807, 2.05) is 12.1 Å². The van der Waals surface area contributed by atoms with Crippen LogP contribution in [0.15, 0.2) is 29.2 Å². The molecule has 1 fully saturated rings. The van der Waals surface area contributed by atoms with Gasteiger partial charge in [0.25, 0.3) is 0 Å². The van der Waals surface area contributed by atoms with E-state index < -0.39 is 16.8 Å². The molecule has 1 N–H and O–H groups in total. The van der Waals surface area contributed by atoms with Crippen LogP contribution in [0.5, 0.6) is 11.5 Å². The van der Waals surface area contributed by atoms with Crippen LogP contribution >= 0.6 is 11.8 Å². The Hall–Kier alpha value is -1.79. The number of aryl methyl sites for hydroxylation is 2. The predicted octanol–water partition coefficient (Wildman–Crippen LogP) is 4.67. The van der Waals surface area contributed by atoms with Crippen LogP contribution in [0.1, 0.15) is 47.1 Å². The number of carboxylic acids is 1. The zero-order chi connectivity index (χ0) is 19.8. The third kappa shape index (κ3) is 3.72. The van der Waals surface area contributed by atoms with Gasteiger partial charge in [-0.15, -0.1) is 11.8 Å². The van der Waals surface area contributed by atoms with Crippen molar-refractivity contribution in [2.45, 2.75) is 43.9 Å². The lowest BCUT2D eigenvalue weighted by Crippen LogP contribution is -2.29. The number of hydrogen-bond donors (Lipinski definition) is 1. The molecule has 0 bridgehead atoms. The average Bonchev–Trinajstić information content (AvgIpc) is 2.62. The second-order valence-corrected chi connectivity index (χ2v) is 10.1. The summed E-state index contributed by atoms with van der Waals surface area (Å²) in [4.78, 5) is 12.2. The highest BCUT2D eigenvalue weighted by Gasteiger charge is 2.32. The van der Waals surface area contributed by atoms with E-state index in [1.165, 1.54) is 28.5 Å². The summed E-state index contributed by atoms with van der Waals surface area (Å²) in [5, 5.41) is 9.22. The molecule has 0 radical (unpaired) electrons. The smallest absolute Gasteiger partial charge is 0.313 e. The second kappa shape index (κ2) is 7.91. The highest BCUT2D eigenvalue weighted by molar-refractivity contribution is 8.00. The summed E-state index contributed by atoms with van der Waals surface area (Å²) in [5.41, 5.74) is 5.93. The standard InChI is InChI=1S/C22H24O4S2/c1-3-4-14-7-13(2)8-20-17(14)9-18-19(26-20)6-5-16(15-11-28(25)12-15)22(18)27-10-21(23)24/h5-8,15H,3-4,9-12H2,1-2H3,(H,23,24). The minimum atomic E-state index is -0.829. The average molecular weight is 417 g/mol. The number of carboxylic acid groups (broad SMARTS) is 1. The molecule has 0 aromatic heterocycles. The number of aliphatic carboxylic acids is 1. The molecule has 2 heterocycles. The summed E-state index contributed by atoms with van der Waals surface area (Å²) >= 11 is 1.37. The van der Waals surface area contributed by atoms with E-state index >= 15 is 0 Å². The van der Waals surface area contributed by atoms with Crippen molar-refractivity contribution in [1.82, 2.24) is 0 Å². The van der Waals surface area contributed by atoms with Crippen LogP contribution in [0.3, 0.4) is 0 Å². The van der Waals surface area contributed by atoms with Crippen molar-refractivity contribution in [1.29, 1.82) is 0 Å². The minimum absolute atomic E-state index is 0.0157. The molecule has 2 aromatic carbocycles. The van der Waals surface area contributed by atoms with Gasteiger partial charge in [-0.2, -0.15) is 0 Å². The van der Waals surface area contributed by atoms with E-state index in [2.05, 4.69) is 26.0 Å². The van der Waals surface area contributed by atoms with Crippen LogP contribution in [0, 0.1) is 6.92 Å². The lowest BCUT2D eigenvalue weighted by Gasteiger charge is -2.31. The molecule has 2 aliphatic heterocycles. The van der Waals surface area contributed by atoms with Crippen molar-refractivity contribution in [3.63, 3.8) is 0 Å². The molecule has 4 nitrogen and oxygen atoms in total. The Morgan fingerprint density at radius 3 is 2.71 bits per heavy atom. The predicted molar refractivity (Wildman–Crippen MR) is 113 cm³/mol. The van der Waals surface area contributed by atoms with E-state index in [4.69, 9.17) is 4.74 Å². The largest absolute Gasteiger partial charge is 0.481 e. The highest BCUT2D eigenvalue weighted by atomic mass is 32.2. The molecule has 2 aromatic rings. The van der Waals surface area contributed by atoms with Crippen molar-refractivity contribution in [2.75, 3.05) is 17.3 Å². The fraction of sp³-hybridized carbons (Fsp3) is 0.409. The van der Waals surface area contributed by atoms with Gasteiger partial charge in [0.15, 0.2) is 0 Å². The van der Waals surface area contributed by atoms with Gasteiger partial charge < -0.3 is 9.84 Å². The van der Waals surface area contributed by atoms with Gasteiger partial charge in [0.2, 0.25) is 0 Å². The molecule has 0 amide bonds. The van der Waals surface area contributed by atoms with Gasteiger partial charge in [0.05, 0.1) is 5.75 Å². The van der Waals surface area contributed by atoms with Crippen molar-refractivity contribution in [3.05, 3.63) is 52.1 Å². The molecular weight excluding hydrogens is 392 g/mol. The van der Waals surface area contributed by atoms with Gasteiger partial charge in [0.1, 0.15) is 11.5 Å². The molecule has 0 saturated carbocycles. The quantitative estimate of drug-likeness (QED) is 0.592. The maximum absolute atomic E-state index is 11.6. The first-order valence-electron chi connectivity index (χ1n) is 9.61. The lowest BCUT2D eigenvalue weighted by atomic mass is 9.90. The molecule has 0 unspecified atom stereocenters. The zero-order valence-corrected chi connectivity index (χ0v) is 17.8. The van der Waals surface area contributed by atoms with Crippen LogP contribution in [0.4, 0.5) is 0 Å². The maximum atomic E-state index is 11.6. The van der Waals surface area contributed by atoms with Crippen molar-refractivity contribution >= 4 is 28.5 Å². The van der Waals surface area contributed by atoms with Crippen molar-refractivity contribution in [2.24, 2.45) is 0 Å². The van der Waals surface area contributed by atoms with Gasteiger partial charge in [-0.1, -0.05) is 25.5 Å². The zero-order valence-electron chi connectivity index (χ0n) is 16.1. The molecule has 1 saturated heterocycles. The van der Waals surface area contributed by atoms with Crippen molar-refractivity contribution in [3.8, 4) is 11.5 Å². The Bertz CT molecular complexity index is 959. The monoisotopic (exact) mass is 416 g/mol. The number of rotatable bonds is 6. The number of fused-ring (bicyclic) bond motifs is 2. The topological polar surface area (TPSA) is 63.6 Å². The maximum Gasteiger partial charge on any atom is 0.313 e. The molecule has 4 rings (SSSR count). The summed E-state index contributed by atoms with van der Waals surface area (Å²) in [6.07, 6.45) is 2.82. The summed E-state index contributed by atoms with van der Waals surface area (Å²) in [7, 11) is -0.747. The summed E-state index contributed by atoms with van der Waals surface area (Å²) < 4.78 is 17.9. The Morgan fingerprint density at radius 1 is 1.25 bits per heavy atom. The molecule has 0 atom stereocenters. The number of ether oxygens (including phenoxy) is 1. The number of carbonyl (C=O) groups is 1. The molecule has 148 valence electrons.